The lowest BCUT2D eigenvalue weighted by Crippen LogP contribution is -2.38. The lowest BCUT2D eigenvalue weighted by molar-refractivity contribution is -0.114. The number of anilines is 2. The largest absolute Gasteiger partial charge is 0.345 e. The number of carbonyl (C=O) groups excluding carboxylic acids is 2. The molecule has 0 saturated carbocycles. The Morgan fingerprint density at radius 2 is 1.46 bits per heavy atom. The molecular formula is C29H25Cl2N3O4S. The van der Waals surface area contributed by atoms with E-state index in [0.717, 1.165) is 9.87 Å². The fraction of sp³-hybridized carbons (Fsp3) is 0.103. The smallest absolute Gasteiger partial charge is 0.264 e. The van der Waals surface area contributed by atoms with Gasteiger partial charge in [0.05, 0.1) is 32.9 Å². The number of hydrogen-bond donors (Lipinski definition) is 2. The Balaban J connectivity index is 1.60. The molecule has 4 aromatic carbocycles. The highest BCUT2D eigenvalue weighted by Crippen LogP contribution is 2.32. The number of halogens is 2. The third-order valence-electron chi connectivity index (χ3n) is 5.89. The lowest BCUT2D eigenvalue weighted by Gasteiger charge is -2.25. The summed E-state index contributed by atoms with van der Waals surface area (Å²) in [5.41, 5.74) is 1.48. The first kappa shape index (κ1) is 28.2. The molecule has 0 aliphatic heterocycles. The average Bonchev–Trinajstić information content (AvgIpc) is 2.93. The number of para-hydroxylation sites is 1. The normalized spacial score (nSPS) is 11.9. The zero-order valence-electron chi connectivity index (χ0n) is 20.8. The van der Waals surface area contributed by atoms with Crippen LogP contribution in [0.1, 0.15) is 28.9 Å². The van der Waals surface area contributed by atoms with Gasteiger partial charge in [-0.1, -0.05) is 83.9 Å². The van der Waals surface area contributed by atoms with Crippen LogP contribution in [0.15, 0.2) is 108 Å². The van der Waals surface area contributed by atoms with E-state index in [1.807, 2.05) is 37.3 Å². The molecule has 4 aromatic rings. The number of amides is 2. The fourth-order valence-corrected chi connectivity index (χ4v) is 5.93. The average molecular weight is 583 g/mol. The number of sulfonamides is 1. The van der Waals surface area contributed by atoms with Gasteiger partial charge in [0.15, 0.2) is 0 Å². The number of benzene rings is 4. The van der Waals surface area contributed by atoms with Crippen LogP contribution in [0.5, 0.6) is 0 Å². The van der Waals surface area contributed by atoms with E-state index < -0.39 is 28.4 Å². The molecular weight excluding hydrogens is 557 g/mol. The summed E-state index contributed by atoms with van der Waals surface area (Å²) in [6, 6.07) is 27.7. The van der Waals surface area contributed by atoms with Gasteiger partial charge in [-0.2, -0.15) is 0 Å². The topological polar surface area (TPSA) is 95.6 Å². The van der Waals surface area contributed by atoms with E-state index in [9.17, 15) is 18.0 Å². The monoisotopic (exact) mass is 581 g/mol. The van der Waals surface area contributed by atoms with Gasteiger partial charge < -0.3 is 10.6 Å². The van der Waals surface area contributed by atoms with Crippen molar-refractivity contribution >= 4 is 56.4 Å². The molecule has 2 amide bonds. The third kappa shape index (κ3) is 6.78. The summed E-state index contributed by atoms with van der Waals surface area (Å²) in [7, 11) is -4.18. The van der Waals surface area contributed by atoms with E-state index in [0.29, 0.717) is 5.02 Å². The van der Waals surface area contributed by atoms with Gasteiger partial charge in [0.2, 0.25) is 5.91 Å². The van der Waals surface area contributed by atoms with Gasteiger partial charge in [0.1, 0.15) is 6.54 Å². The molecule has 0 heterocycles. The second-order valence-corrected chi connectivity index (χ2v) is 11.3. The zero-order chi connectivity index (χ0) is 28.0. The van der Waals surface area contributed by atoms with Crippen molar-refractivity contribution in [2.24, 2.45) is 0 Å². The molecule has 0 bridgehead atoms. The van der Waals surface area contributed by atoms with Gasteiger partial charge >= 0.3 is 0 Å². The zero-order valence-corrected chi connectivity index (χ0v) is 23.2. The maximum absolute atomic E-state index is 13.6. The molecule has 0 radical (unpaired) electrons. The molecule has 0 aliphatic rings. The molecule has 10 heteroatoms. The highest BCUT2D eigenvalue weighted by atomic mass is 35.5. The predicted octanol–water partition coefficient (Wildman–Crippen LogP) is 6.32. The molecule has 0 unspecified atom stereocenters. The summed E-state index contributed by atoms with van der Waals surface area (Å²) in [5, 5.41) is 5.98. The van der Waals surface area contributed by atoms with Crippen molar-refractivity contribution in [1.82, 2.24) is 5.32 Å². The Labute approximate surface area is 237 Å². The quantitative estimate of drug-likeness (QED) is 0.242. The molecule has 0 spiro atoms. The van der Waals surface area contributed by atoms with Gasteiger partial charge in [-0.15, -0.1) is 0 Å². The minimum absolute atomic E-state index is 0.0153. The van der Waals surface area contributed by atoms with Crippen LogP contribution in [-0.2, 0) is 14.8 Å². The summed E-state index contributed by atoms with van der Waals surface area (Å²) >= 11 is 12.4. The Kier molecular flexibility index (Phi) is 8.91. The third-order valence-corrected chi connectivity index (χ3v) is 8.20. The second-order valence-electron chi connectivity index (χ2n) is 8.62. The van der Waals surface area contributed by atoms with Gasteiger partial charge in [-0.25, -0.2) is 8.42 Å². The minimum Gasteiger partial charge on any atom is -0.345 e. The fourth-order valence-electron chi connectivity index (χ4n) is 3.91. The number of carbonyl (C=O) groups is 2. The van der Waals surface area contributed by atoms with Crippen LogP contribution in [-0.4, -0.2) is 26.8 Å². The van der Waals surface area contributed by atoms with Crippen molar-refractivity contribution < 1.29 is 18.0 Å². The molecule has 4 rings (SSSR count). The van der Waals surface area contributed by atoms with Crippen LogP contribution < -0.4 is 14.9 Å². The Morgan fingerprint density at radius 3 is 2.13 bits per heavy atom. The lowest BCUT2D eigenvalue weighted by atomic mass is 10.1. The SMILES string of the molecule is C[C@@H](NC(=O)c1ccccc1NC(=O)CN(c1ccc(Cl)cc1Cl)S(=O)(=O)c1ccccc1)c1ccccc1. The summed E-state index contributed by atoms with van der Waals surface area (Å²) in [6.07, 6.45) is 0. The molecule has 1 atom stereocenters. The number of hydrogen-bond acceptors (Lipinski definition) is 4. The first-order chi connectivity index (χ1) is 18.7. The Morgan fingerprint density at radius 1 is 0.846 bits per heavy atom. The Hall–Kier alpha value is -3.85. The maximum atomic E-state index is 13.6. The van der Waals surface area contributed by atoms with Crippen molar-refractivity contribution in [2.45, 2.75) is 17.9 Å². The van der Waals surface area contributed by atoms with Gasteiger partial charge in [0.25, 0.3) is 15.9 Å². The van der Waals surface area contributed by atoms with E-state index >= 15 is 0 Å². The van der Waals surface area contributed by atoms with Crippen LogP contribution in [0.2, 0.25) is 10.0 Å². The van der Waals surface area contributed by atoms with Gasteiger partial charge in [0, 0.05) is 5.02 Å². The minimum atomic E-state index is -4.18. The van der Waals surface area contributed by atoms with Crippen molar-refractivity contribution in [2.75, 3.05) is 16.2 Å². The van der Waals surface area contributed by atoms with Crippen molar-refractivity contribution in [3.05, 3.63) is 124 Å². The predicted molar refractivity (Wildman–Crippen MR) is 155 cm³/mol. The van der Waals surface area contributed by atoms with Gasteiger partial charge in [-0.3, -0.25) is 13.9 Å². The molecule has 0 fully saturated rings. The highest BCUT2D eigenvalue weighted by molar-refractivity contribution is 7.92. The number of rotatable bonds is 9. The van der Waals surface area contributed by atoms with E-state index in [1.165, 1.54) is 30.3 Å². The van der Waals surface area contributed by atoms with Crippen LogP contribution in [0.4, 0.5) is 11.4 Å². The molecule has 2 N–H and O–H groups in total. The molecule has 0 aromatic heterocycles. The van der Waals surface area contributed by atoms with Crippen LogP contribution in [0, 0.1) is 0 Å². The van der Waals surface area contributed by atoms with Crippen molar-refractivity contribution in [3.63, 3.8) is 0 Å². The van der Waals surface area contributed by atoms with Crippen molar-refractivity contribution in [3.8, 4) is 0 Å². The molecule has 0 aliphatic carbocycles. The van der Waals surface area contributed by atoms with E-state index in [-0.39, 0.29) is 32.9 Å². The maximum Gasteiger partial charge on any atom is 0.264 e. The second kappa shape index (κ2) is 12.3. The summed E-state index contributed by atoms with van der Waals surface area (Å²) < 4.78 is 28.1. The van der Waals surface area contributed by atoms with E-state index in [2.05, 4.69) is 10.6 Å². The summed E-state index contributed by atoms with van der Waals surface area (Å²) in [5.74, 6) is -1.06. The molecule has 200 valence electrons. The van der Waals surface area contributed by atoms with Crippen molar-refractivity contribution in [1.29, 1.82) is 0 Å². The Bertz CT molecular complexity index is 1580. The highest BCUT2D eigenvalue weighted by Gasteiger charge is 2.29. The van der Waals surface area contributed by atoms with Crippen LogP contribution in [0.3, 0.4) is 0 Å². The summed E-state index contributed by atoms with van der Waals surface area (Å²) in [4.78, 5) is 26.3. The van der Waals surface area contributed by atoms with Crippen LogP contribution in [0.25, 0.3) is 0 Å². The molecule has 0 saturated heterocycles. The van der Waals surface area contributed by atoms with E-state index in [1.54, 1.807) is 42.5 Å². The molecule has 7 nitrogen and oxygen atoms in total. The number of nitrogens with zero attached hydrogens (tertiary/aromatic N) is 1. The van der Waals surface area contributed by atoms with Gasteiger partial charge in [-0.05, 0) is 55.0 Å². The van der Waals surface area contributed by atoms with Crippen LogP contribution >= 0.6 is 23.2 Å². The van der Waals surface area contributed by atoms with E-state index in [4.69, 9.17) is 23.2 Å². The first-order valence-electron chi connectivity index (χ1n) is 11.9. The standard InChI is InChI=1S/C29H25Cl2N3O4S/c1-20(21-10-4-2-5-11-21)32-29(36)24-14-8-9-15-26(24)33-28(35)19-34(27-17-16-22(30)18-25(27)31)39(37,38)23-12-6-3-7-13-23/h2-18,20H,19H2,1H3,(H,32,36)(H,33,35)/t20-/m1/s1. The number of nitrogens with one attached hydrogen (secondary N) is 2. The summed E-state index contributed by atoms with van der Waals surface area (Å²) in [6.45, 7) is 1.26. The molecule has 39 heavy (non-hydrogen) atoms. The first-order valence-corrected chi connectivity index (χ1v) is 14.1.